The minimum absolute atomic E-state index is 0.0152. The van der Waals surface area contributed by atoms with E-state index in [1.54, 1.807) is 0 Å². The van der Waals surface area contributed by atoms with Gasteiger partial charge in [-0.1, -0.05) is 94.9 Å². The topological polar surface area (TPSA) is 268 Å². The number of hydrogen-bond acceptors (Lipinski definition) is 14. The molecule has 8 aliphatic rings. The molecule has 0 amide bonds. The van der Waals surface area contributed by atoms with Gasteiger partial charge in [-0.2, -0.15) is 16.8 Å². The molecule has 0 heterocycles. The Morgan fingerprint density at radius 3 is 1.17 bits per heavy atom. The van der Waals surface area contributed by atoms with Gasteiger partial charge in [0.15, 0.2) is 0 Å². The molecule has 90 heavy (non-hydrogen) atoms. The zero-order chi connectivity index (χ0) is 65.7. The van der Waals surface area contributed by atoms with Crippen molar-refractivity contribution in [2.24, 2.45) is 116 Å². The zero-order valence-corrected chi connectivity index (χ0v) is 60.3. The minimum Gasteiger partial charge on any atom is -0.393 e. The van der Waals surface area contributed by atoms with E-state index in [0.717, 1.165) is 97.3 Å². The van der Waals surface area contributed by atoms with Crippen LogP contribution in [0.2, 0.25) is 0 Å². The monoisotopic (exact) mass is 1310 g/mol. The van der Waals surface area contributed by atoms with Gasteiger partial charge >= 0.3 is 20.8 Å². The summed E-state index contributed by atoms with van der Waals surface area (Å²) < 4.78 is 74.3. The highest BCUT2D eigenvalue weighted by molar-refractivity contribution is 7.81. The van der Waals surface area contributed by atoms with Gasteiger partial charge in [-0.05, 0) is 324 Å². The molecule has 0 aliphatic heterocycles. The van der Waals surface area contributed by atoms with Gasteiger partial charge in [0, 0.05) is 12.1 Å². The van der Waals surface area contributed by atoms with Crippen LogP contribution in [0.3, 0.4) is 0 Å². The van der Waals surface area contributed by atoms with Gasteiger partial charge in [-0.25, -0.2) is 8.37 Å². The van der Waals surface area contributed by atoms with Crippen LogP contribution in [0.15, 0.2) is 0 Å². The third-order valence-corrected chi connectivity index (χ3v) is 28.2. The van der Waals surface area contributed by atoms with E-state index in [1.165, 1.54) is 135 Å². The number of nitrogens with two attached hydrogens (primary N) is 2. The van der Waals surface area contributed by atoms with Crippen LogP contribution in [-0.4, -0.2) is 125 Å². The first-order valence-electron chi connectivity index (χ1n) is 37.6. The average Bonchev–Trinajstić information content (AvgIpc) is 1.31. The number of fused-ring (bicyclic) bond motifs is 10. The van der Waals surface area contributed by atoms with Gasteiger partial charge in [0.2, 0.25) is 0 Å². The summed E-state index contributed by atoms with van der Waals surface area (Å²) in [5.74, 6) is 6.44. The summed E-state index contributed by atoms with van der Waals surface area (Å²) in [6.45, 7) is 30.7. The first-order valence-corrected chi connectivity index (χ1v) is 40.3. The Hall–Kier alpha value is -0.580. The van der Waals surface area contributed by atoms with E-state index in [2.05, 4.69) is 62.8 Å². The van der Waals surface area contributed by atoms with E-state index in [9.17, 15) is 36.2 Å². The summed E-state index contributed by atoms with van der Waals surface area (Å²) in [4.78, 5) is 0. The maximum absolute atomic E-state index is 11.8. The Kier molecular flexibility index (Phi) is 29.7. The van der Waals surface area contributed by atoms with E-state index < -0.39 is 33.0 Å². The van der Waals surface area contributed by atoms with Crippen molar-refractivity contribution in [1.82, 2.24) is 21.3 Å². The SMILES string of the molecule is CC(C)[C@@H](CC[C@@H](C)[C@H]1CC[C@H]2[C@@H]3[C@H](O)C[C@H]4C[C@@H](NCCCNCCCCCCCCN)CC[C@]4(C)[C@H]3CC[C@]12C)OS(=O)(=O)O.CC(C)[C@@H](CC[C@@H](C)[C@H]1CC[C@H]2[C@@H]3[C@H](O)C[C@H]4C[C@@H](NCCCNCCCCN)CC[C@]4(C)[C@H]3CC[C@]12C)OS(=O)(=O)O. The molecule has 8 fully saturated rings. The van der Waals surface area contributed by atoms with Crippen molar-refractivity contribution in [3.05, 3.63) is 0 Å². The molecule has 8 aliphatic carbocycles. The Labute approximate surface area is 550 Å². The van der Waals surface area contributed by atoms with E-state index in [0.29, 0.717) is 107 Å². The molecule has 12 N–H and O–H groups in total. The standard InChI is InChI=1S/C38H73N3O5S.C34H65N3O5S/c1-27(2)35(46-47(43,44)45)16-13-28(3)31-14-15-32-36-33(18-20-38(31,32)5)37(4)19-17-30(25-29(37)26-34(36)42)41-24-12-23-40-22-11-9-7-6-8-10-21-39;1-23(2)31(42-43(39,40)41)12-9-24(3)27-10-11-28-32-29(14-16-34(27,28)5)33(4)15-13-26(21-25(33)22-30(32)38)37-20-8-19-36-18-7-6-17-35/h27-36,40-42H,6-26,39H2,1-5H3,(H,43,44,45);23-32,36-38H,6-22,35H2,1-5H3,(H,39,40,41)/t28-,29-,30+,31-,32+,33+,34-,35-,36+,37+,38-;24-,25-,26+,27-,28+,29+,30-,31-,32+,33+,34-/m11/s1. The van der Waals surface area contributed by atoms with Gasteiger partial charge in [0.05, 0.1) is 24.4 Å². The molecular weight excluding hydrogens is 1170 g/mol. The van der Waals surface area contributed by atoms with Crippen LogP contribution in [0.5, 0.6) is 0 Å². The van der Waals surface area contributed by atoms with Crippen molar-refractivity contribution in [2.45, 2.75) is 298 Å². The predicted octanol–water partition coefficient (Wildman–Crippen LogP) is 12.7. The quantitative estimate of drug-likeness (QED) is 0.0206. The Morgan fingerprint density at radius 1 is 0.433 bits per heavy atom. The highest BCUT2D eigenvalue weighted by atomic mass is 32.3. The first-order chi connectivity index (χ1) is 42.6. The molecular formula is C72H138N6O10S2. The molecule has 22 atom stereocenters. The third-order valence-electron chi connectivity index (χ3n) is 27.2. The maximum Gasteiger partial charge on any atom is 0.397 e. The lowest BCUT2D eigenvalue weighted by Gasteiger charge is -2.62. The smallest absolute Gasteiger partial charge is 0.393 e. The van der Waals surface area contributed by atoms with Crippen molar-refractivity contribution in [2.75, 3.05) is 52.4 Å². The average molecular weight is 1310 g/mol. The van der Waals surface area contributed by atoms with Gasteiger partial charge < -0.3 is 42.9 Å². The van der Waals surface area contributed by atoms with Crippen LogP contribution in [0.25, 0.3) is 0 Å². The van der Waals surface area contributed by atoms with E-state index >= 15 is 0 Å². The zero-order valence-electron chi connectivity index (χ0n) is 58.6. The van der Waals surface area contributed by atoms with Gasteiger partial charge in [0.25, 0.3) is 0 Å². The van der Waals surface area contributed by atoms with Crippen molar-refractivity contribution < 1.29 is 44.5 Å². The number of rotatable bonds is 36. The van der Waals surface area contributed by atoms with Crippen LogP contribution < -0.4 is 32.7 Å². The van der Waals surface area contributed by atoms with E-state index in [-0.39, 0.29) is 34.9 Å². The third kappa shape index (κ3) is 19.8. The number of nitrogens with one attached hydrogen (secondary N) is 4. The normalized spacial score (nSPS) is 38.0. The Balaban J connectivity index is 0.000000257. The maximum atomic E-state index is 11.8. The van der Waals surface area contributed by atoms with Gasteiger partial charge in [-0.15, -0.1) is 0 Å². The molecule has 16 nitrogen and oxygen atoms in total. The summed E-state index contributed by atoms with van der Waals surface area (Å²) >= 11 is 0. The molecule has 8 saturated carbocycles. The number of hydrogen-bond donors (Lipinski definition) is 10. The largest absolute Gasteiger partial charge is 0.397 e. The second-order valence-electron chi connectivity index (χ2n) is 33.2. The molecule has 18 heteroatoms. The molecule has 0 radical (unpaired) electrons. The lowest BCUT2D eigenvalue weighted by Crippen LogP contribution is -2.59. The van der Waals surface area contributed by atoms with Gasteiger partial charge in [0.1, 0.15) is 0 Å². The van der Waals surface area contributed by atoms with Crippen molar-refractivity contribution in [1.29, 1.82) is 0 Å². The molecule has 528 valence electrons. The molecule has 0 aromatic rings. The molecule has 0 spiro atoms. The van der Waals surface area contributed by atoms with Crippen LogP contribution in [0.4, 0.5) is 0 Å². The molecule has 0 unspecified atom stereocenters. The summed E-state index contributed by atoms with van der Waals surface area (Å²) in [6.07, 6.45) is 33.0. The molecule has 0 saturated heterocycles. The van der Waals surface area contributed by atoms with Crippen LogP contribution >= 0.6 is 0 Å². The Bertz CT molecular complexity index is 2340. The lowest BCUT2D eigenvalue weighted by atomic mass is 9.43. The Morgan fingerprint density at radius 2 is 0.778 bits per heavy atom. The minimum atomic E-state index is -4.46. The molecule has 0 aromatic heterocycles. The van der Waals surface area contributed by atoms with Crippen molar-refractivity contribution in [3.63, 3.8) is 0 Å². The van der Waals surface area contributed by atoms with Gasteiger partial charge in [-0.3, -0.25) is 9.11 Å². The first kappa shape index (κ1) is 76.8. The second-order valence-corrected chi connectivity index (χ2v) is 35.3. The number of unbranched alkanes of at least 4 members (excludes halogenated alkanes) is 6. The lowest BCUT2D eigenvalue weighted by molar-refractivity contribution is -0.167. The number of aliphatic hydroxyl groups excluding tert-OH is 2. The summed E-state index contributed by atoms with van der Waals surface area (Å²) in [5, 5.41) is 38.6. The highest BCUT2D eigenvalue weighted by Gasteiger charge is 2.65. The van der Waals surface area contributed by atoms with Crippen molar-refractivity contribution >= 4 is 20.8 Å². The molecule has 0 aromatic carbocycles. The van der Waals surface area contributed by atoms with E-state index in [4.69, 9.17) is 19.8 Å². The van der Waals surface area contributed by atoms with E-state index in [1.807, 2.05) is 27.7 Å². The summed E-state index contributed by atoms with van der Waals surface area (Å²) in [5.41, 5.74) is 12.3. The van der Waals surface area contributed by atoms with Crippen molar-refractivity contribution in [3.8, 4) is 0 Å². The summed E-state index contributed by atoms with van der Waals surface area (Å²) in [7, 11) is -8.91. The fourth-order valence-corrected chi connectivity index (χ4v) is 23.4. The highest BCUT2D eigenvalue weighted by Crippen LogP contribution is 2.70. The molecule has 0 bridgehead atoms. The van der Waals surface area contributed by atoms with Crippen LogP contribution in [0.1, 0.15) is 262 Å². The summed E-state index contributed by atoms with van der Waals surface area (Å²) in [6, 6.07) is 1.15. The number of aliphatic hydroxyl groups is 2. The predicted molar refractivity (Wildman–Crippen MR) is 366 cm³/mol. The second kappa shape index (κ2) is 34.8. The molecule has 8 rings (SSSR count). The fourth-order valence-electron chi connectivity index (χ4n) is 22.1. The van der Waals surface area contributed by atoms with Crippen LogP contribution in [0, 0.1) is 105 Å². The fraction of sp³-hybridized carbons (Fsp3) is 1.00. The van der Waals surface area contributed by atoms with Crippen LogP contribution in [-0.2, 0) is 29.2 Å².